The summed E-state index contributed by atoms with van der Waals surface area (Å²) >= 11 is 0. The number of likely N-dealkylation sites (N-methyl/N-ethyl adjacent to an activating group) is 1. The predicted molar refractivity (Wildman–Crippen MR) is 108 cm³/mol. The Labute approximate surface area is 162 Å². The Hall–Kier alpha value is -2.18. The van der Waals surface area contributed by atoms with Crippen molar-refractivity contribution in [3.05, 3.63) is 65.7 Å². The van der Waals surface area contributed by atoms with Crippen LogP contribution in [0.4, 0.5) is 0 Å². The lowest BCUT2D eigenvalue weighted by atomic mass is 9.87. The summed E-state index contributed by atoms with van der Waals surface area (Å²) in [7, 11) is -3.73. The van der Waals surface area contributed by atoms with Crippen LogP contribution in [0.25, 0.3) is 0 Å². The second-order valence-corrected chi connectivity index (χ2v) is 9.26. The molecule has 0 unspecified atom stereocenters. The molecular weight excluding hydrogens is 360 g/mol. The molecule has 5 nitrogen and oxygen atoms in total. The van der Waals surface area contributed by atoms with E-state index in [2.05, 4.69) is 25.5 Å². The van der Waals surface area contributed by atoms with Crippen LogP contribution in [0.1, 0.15) is 38.8 Å². The number of hydrogen-bond donors (Lipinski definition) is 1. The van der Waals surface area contributed by atoms with Crippen molar-refractivity contribution >= 4 is 15.9 Å². The van der Waals surface area contributed by atoms with E-state index in [4.69, 9.17) is 0 Å². The van der Waals surface area contributed by atoms with Crippen LogP contribution in [0.3, 0.4) is 0 Å². The van der Waals surface area contributed by atoms with Gasteiger partial charge in [0.2, 0.25) is 15.9 Å². The molecular formula is C21H28N2O3S. The van der Waals surface area contributed by atoms with Crippen LogP contribution in [-0.2, 0) is 26.8 Å². The quantitative estimate of drug-likeness (QED) is 0.791. The van der Waals surface area contributed by atoms with Crippen LogP contribution < -0.4 is 4.72 Å². The molecule has 0 atom stereocenters. The van der Waals surface area contributed by atoms with Crippen LogP contribution in [0, 0.1) is 0 Å². The van der Waals surface area contributed by atoms with Crippen LogP contribution >= 0.6 is 0 Å². The van der Waals surface area contributed by atoms with E-state index in [0.29, 0.717) is 13.1 Å². The molecule has 0 heterocycles. The molecule has 2 aromatic rings. The molecule has 0 saturated heterocycles. The van der Waals surface area contributed by atoms with Crippen LogP contribution in [0.2, 0.25) is 0 Å². The van der Waals surface area contributed by atoms with Crippen LogP contribution in [0.15, 0.2) is 59.5 Å². The van der Waals surface area contributed by atoms with Gasteiger partial charge in [0.25, 0.3) is 0 Å². The molecule has 2 aromatic carbocycles. The average Bonchev–Trinajstić information content (AvgIpc) is 2.64. The molecule has 1 N–H and O–H groups in total. The van der Waals surface area contributed by atoms with E-state index in [1.165, 1.54) is 0 Å². The minimum absolute atomic E-state index is 0.0508. The molecule has 0 aromatic heterocycles. The maximum absolute atomic E-state index is 12.5. The van der Waals surface area contributed by atoms with Crippen molar-refractivity contribution in [3.63, 3.8) is 0 Å². The summed E-state index contributed by atoms with van der Waals surface area (Å²) in [5.41, 5.74) is 2.01. The van der Waals surface area contributed by atoms with Gasteiger partial charge in [0.1, 0.15) is 0 Å². The highest BCUT2D eigenvalue weighted by Gasteiger charge is 2.20. The molecule has 0 radical (unpaired) electrons. The highest BCUT2D eigenvalue weighted by atomic mass is 32.2. The third kappa shape index (κ3) is 5.91. The number of carbonyl (C=O) groups is 1. The lowest BCUT2D eigenvalue weighted by Gasteiger charge is -2.21. The number of hydrogen-bond acceptors (Lipinski definition) is 3. The Morgan fingerprint density at radius 2 is 1.59 bits per heavy atom. The summed E-state index contributed by atoms with van der Waals surface area (Å²) in [6.07, 6.45) is 0. The monoisotopic (exact) mass is 388 g/mol. The normalized spacial score (nSPS) is 12.0. The summed E-state index contributed by atoms with van der Waals surface area (Å²) in [5, 5.41) is 0. The Balaban J connectivity index is 2.01. The Morgan fingerprint density at radius 1 is 1.00 bits per heavy atom. The molecule has 146 valence electrons. The Morgan fingerprint density at radius 3 is 2.11 bits per heavy atom. The lowest BCUT2D eigenvalue weighted by Crippen LogP contribution is -2.39. The van der Waals surface area contributed by atoms with Gasteiger partial charge in [0.15, 0.2) is 0 Å². The van der Waals surface area contributed by atoms with E-state index in [1.54, 1.807) is 17.0 Å². The largest absolute Gasteiger partial charge is 0.338 e. The number of carbonyl (C=O) groups excluding carboxylic acids is 1. The first kappa shape index (κ1) is 21.1. The molecule has 27 heavy (non-hydrogen) atoms. The van der Waals surface area contributed by atoms with Gasteiger partial charge in [-0.3, -0.25) is 4.79 Å². The molecule has 0 aliphatic carbocycles. The summed E-state index contributed by atoms with van der Waals surface area (Å²) < 4.78 is 27.4. The van der Waals surface area contributed by atoms with E-state index in [0.717, 1.165) is 11.1 Å². The standard InChI is InChI=1S/C21H28N2O3S/c1-5-23(16-17-9-7-6-8-10-17)20(24)15-22-27(25,26)19-13-11-18(12-14-19)21(2,3)4/h6-14,22H,5,15-16H2,1-4H3. The van der Waals surface area contributed by atoms with Gasteiger partial charge in [-0.05, 0) is 35.6 Å². The molecule has 0 aliphatic rings. The molecule has 0 fully saturated rings. The SMILES string of the molecule is CCN(Cc1ccccc1)C(=O)CNS(=O)(=O)c1ccc(C(C)(C)C)cc1. The smallest absolute Gasteiger partial charge is 0.241 e. The van der Waals surface area contributed by atoms with Gasteiger partial charge in [-0.1, -0.05) is 63.2 Å². The maximum Gasteiger partial charge on any atom is 0.241 e. The molecule has 0 saturated carbocycles. The van der Waals surface area contributed by atoms with Crippen LogP contribution in [-0.4, -0.2) is 32.3 Å². The van der Waals surface area contributed by atoms with Gasteiger partial charge in [-0.25, -0.2) is 13.1 Å². The lowest BCUT2D eigenvalue weighted by molar-refractivity contribution is -0.130. The van der Waals surface area contributed by atoms with Crippen molar-refractivity contribution in [1.29, 1.82) is 0 Å². The van der Waals surface area contributed by atoms with E-state index >= 15 is 0 Å². The molecule has 1 amide bonds. The van der Waals surface area contributed by atoms with Crippen molar-refractivity contribution in [3.8, 4) is 0 Å². The third-order valence-corrected chi connectivity index (χ3v) is 5.81. The van der Waals surface area contributed by atoms with Crippen molar-refractivity contribution in [2.75, 3.05) is 13.1 Å². The summed E-state index contributed by atoms with van der Waals surface area (Å²) in [4.78, 5) is 14.2. The predicted octanol–water partition coefficient (Wildman–Crippen LogP) is 3.31. The first-order chi connectivity index (χ1) is 12.6. The number of benzene rings is 2. The van der Waals surface area contributed by atoms with Crippen molar-refractivity contribution in [2.24, 2.45) is 0 Å². The van der Waals surface area contributed by atoms with Gasteiger partial charge in [-0.2, -0.15) is 0 Å². The number of nitrogens with one attached hydrogen (secondary N) is 1. The molecule has 0 bridgehead atoms. The number of rotatable bonds is 7. The van der Waals surface area contributed by atoms with E-state index in [-0.39, 0.29) is 22.8 Å². The molecule has 2 rings (SSSR count). The fraction of sp³-hybridized carbons (Fsp3) is 0.381. The zero-order valence-corrected chi connectivity index (χ0v) is 17.2. The summed E-state index contributed by atoms with van der Waals surface area (Å²) in [5.74, 6) is -0.253. The van der Waals surface area contributed by atoms with Crippen LogP contribution in [0.5, 0.6) is 0 Å². The molecule has 0 spiro atoms. The minimum Gasteiger partial charge on any atom is -0.338 e. The van der Waals surface area contributed by atoms with Crippen molar-refractivity contribution < 1.29 is 13.2 Å². The highest BCUT2D eigenvalue weighted by molar-refractivity contribution is 7.89. The van der Waals surface area contributed by atoms with E-state index in [1.807, 2.05) is 49.4 Å². The zero-order valence-electron chi connectivity index (χ0n) is 16.4. The number of sulfonamides is 1. The molecule has 6 heteroatoms. The second-order valence-electron chi connectivity index (χ2n) is 7.49. The Bertz CT molecular complexity index is 855. The number of nitrogens with zero attached hydrogens (tertiary/aromatic N) is 1. The minimum atomic E-state index is -3.73. The van der Waals surface area contributed by atoms with E-state index in [9.17, 15) is 13.2 Å². The maximum atomic E-state index is 12.5. The molecule has 0 aliphatic heterocycles. The van der Waals surface area contributed by atoms with Gasteiger partial charge < -0.3 is 4.90 Å². The van der Waals surface area contributed by atoms with E-state index < -0.39 is 10.0 Å². The van der Waals surface area contributed by atoms with Crippen molar-refractivity contribution in [2.45, 2.75) is 44.6 Å². The fourth-order valence-electron chi connectivity index (χ4n) is 2.67. The first-order valence-electron chi connectivity index (χ1n) is 9.05. The van der Waals surface area contributed by atoms with Gasteiger partial charge >= 0.3 is 0 Å². The topological polar surface area (TPSA) is 66.5 Å². The average molecular weight is 389 g/mol. The summed E-state index contributed by atoms with van der Waals surface area (Å²) in [6.45, 7) is 8.79. The van der Waals surface area contributed by atoms with Gasteiger partial charge in [-0.15, -0.1) is 0 Å². The second kappa shape index (κ2) is 8.67. The first-order valence-corrected chi connectivity index (χ1v) is 10.5. The fourth-order valence-corrected chi connectivity index (χ4v) is 3.64. The Kier molecular flexibility index (Phi) is 6.78. The summed E-state index contributed by atoms with van der Waals surface area (Å²) in [6, 6.07) is 16.4. The van der Waals surface area contributed by atoms with Crippen molar-refractivity contribution in [1.82, 2.24) is 9.62 Å². The number of amides is 1. The van der Waals surface area contributed by atoms with Gasteiger partial charge in [0.05, 0.1) is 11.4 Å². The van der Waals surface area contributed by atoms with Gasteiger partial charge in [0, 0.05) is 13.1 Å². The highest BCUT2D eigenvalue weighted by Crippen LogP contribution is 2.23. The third-order valence-electron chi connectivity index (χ3n) is 4.39. The zero-order chi connectivity index (χ0) is 20.1.